The Hall–Kier alpha value is -2.11. The molecule has 0 radical (unpaired) electrons. The summed E-state index contributed by atoms with van der Waals surface area (Å²) in [4.78, 5) is 0. The molecule has 2 aromatic rings. The van der Waals surface area contributed by atoms with Gasteiger partial charge in [0.15, 0.2) is 0 Å². The Morgan fingerprint density at radius 1 is 1.00 bits per heavy atom. The Labute approximate surface area is 114 Å². The van der Waals surface area contributed by atoms with Gasteiger partial charge in [0.2, 0.25) is 0 Å². The summed E-state index contributed by atoms with van der Waals surface area (Å²) >= 11 is 0. The zero-order valence-corrected chi connectivity index (χ0v) is 11.2. The van der Waals surface area contributed by atoms with Gasteiger partial charge in [-0.1, -0.05) is 43.3 Å². The van der Waals surface area contributed by atoms with Crippen LogP contribution in [0.15, 0.2) is 48.5 Å². The molecule has 0 saturated carbocycles. The summed E-state index contributed by atoms with van der Waals surface area (Å²) in [5, 5.41) is 19.5. The van der Waals surface area contributed by atoms with E-state index in [4.69, 9.17) is 5.26 Å². The highest BCUT2D eigenvalue weighted by Crippen LogP contribution is 2.29. The Bertz CT molecular complexity index is 589. The third-order valence-corrected chi connectivity index (χ3v) is 3.50. The summed E-state index contributed by atoms with van der Waals surface area (Å²) in [6, 6.07) is 17.1. The van der Waals surface area contributed by atoms with Crippen molar-refractivity contribution in [3.05, 3.63) is 70.8 Å². The minimum atomic E-state index is -1.04. The predicted molar refractivity (Wildman–Crippen MR) is 75.6 cm³/mol. The number of aliphatic hydroxyl groups is 1. The first-order valence-corrected chi connectivity index (χ1v) is 6.40. The highest BCUT2D eigenvalue weighted by atomic mass is 16.3. The molecule has 0 aliphatic heterocycles. The van der Waals surface area contributed by atoms with Gasteiger partial charge < -0.3 is 5.11 Å². The van der Waals surface area contributed by atoms with Crippen LogP contribution in [-0.4, -0.2) is 5.11 Å². The Balaban J connectivity index is 2.36. The van der Waals surface area contributed by atoms with Gasteiger partial charge in [-0.2, -0.15) is 5.26 Å². The number of aryl methyl sites for hydroxylation is 1. The van der Waals surface area contributed by atoms with Crippen molar-refractivity contribution in [3.63, 3.8) is 0 Å². The lowest BCUT2D eigenvalue weighted by Gasteiger charge is -2.24. The molecule has 19 heavy (non-hydrogen) atoms. The molecule has 0 aromatic heterocycles. The van der Waals surface area contributed by atoms with E-state index in [9.17, 15) is 5.11 Å². The van der Waals surface area contributed by atoms with Crippen molar-refractivity contribution in [1.29, 1.82) is 5.26 Å². The largest absolute Gasteiger partial charge is 0.381 e. The van der Waals surface area contributed by atoms with Crippen LogP contribution in [0.3, 0.4) is 0 Å². The van der Waals surface area contributed by atoms with E-state index in [0.717, 1.165) is 17.5 Å². The molecule has 2 heteroatoms. The van der Waals surface area contributed by atoms with Gasteiger partial charge in [-0.15, -0.1) is 0 Å². The second kappa shape index (κ2) is 5.26. The topological polar surface area (TPSA) is 44.0 Å². The van der Waals surface area contributed by atoms with Crippen LogP contribution in [0, 0.1) is 11.3 Å². The normalized spacial score (nSPS) is 13.6. The second-order valence-electron chi connectivity index (χ2n) is 4.81. The molecule has 1 atom stereocenters. The van der Waals surface area contributed by atoms with Gasteiger partial charge in [0, 0.05) is 0 Å². The zero-order valence-electron chi connectivity index (χ0n) is 11.2. The minimum absolute atomic E-state index is 0.598. The summed E-state index contributed by atoms with van der Waals surface area (Å²) < 4.78 is 0. The summed E-state index contributed by atoms with van der Waals surface area (Å²) in [6.45, 7) is 3.88. The predicted octanol–water partition coefficient (Wildman–Crippen LogP) is 3.38. The van der Waals surface area contributed by atoms with Crippen LogP contribution in [-0.2, 0) is 12.0 Å². The average molecular weight is 251 g/mol. The van der Waals surface area contributed by atoms with E-state index >= 15 is 0 Å². The molecule has 1 N–H and O–H groups in total. The fraction of sp³-hybridized carbons (Fsp3) is 0.235. The maximum absolute atomic E-state index is 10.7. The van der Waals surface area contributed by atoms with Gasteiger partial charge in [0.1, 0.15) is 5.60 Å². The van der Waals surface area contributed by atoms with E-state index in [0.29, 0.717) is 5.56 Å². The summed E-state index contributed by atoms with van der Waals surface area (Å²) in [5.74, 6) is 0. The van der Waals surface area contributed by atoms with E-state index in [1.54, 1.807) is 31.2 Å². The molecule has 0 bridgehead atoms. The number of benzene rings is 2. The van der Waals surface area contributed by atoms with Gasteiger partial charge in [-0.25, -0.2) is 0 Å². The quantitative estimate of drug-likeness (QED) is 0.908. The van der Waals surface area contributed by atoms with Crippen molar-refractivity contribution in [2.45, 2.75) is 25.9 Å². The summed E-state index contributed by atoms with van der Waals surface area (Å²) in [7, 11) is 0. The molecule has 0 fully saturated rings. The number of rotatable bonds is 3. The van der Waals surface area contributed by atoms with E-state index < -0.39 is 5.60 Å². The monoisotopic (exact) mass is 251 g/mol. The van der Waals surface area contributed by atoms with Gasteiger partial charge in [-0.05, 0) is 42.2 Å². The molecule has 1 unspecified atom stereocenters. The van der Waals surface area contributed by atoms with Crippen molar-refractivity contribution in [1.82, 2.24) is 0 Å². The van der Waals surface area contributed by atoms with Gasteiger partial charge in [0.25, 0.3) is 0 Å². The van der Waals surface area contributed by atoms with Crippen LogP contribution in [0.2, 0.25) is 0 Å². The maximum Gasteiger partial charge on any atom is 0.112 e. The first kappa shape index (κ1) is 13.3. The van der Waals surface area contributed by atoms with Crippen molar-refractivity contribution in [2.75, 3.05) is 0 Å². The third-order valence-electron chi connectivity index (χ3n) is 3.50. The average Bonchev–Trinajstić information content (AvgIpc) is 2.47. The van der Waals surface area contributed by atoms with Gasteiger partial charge in [-0.3, -0.25) is 0 Å². The van der Waals surface area contributed by atoms with Crippen LogP contribution in [0.1, 0.15) is 36.1 Å². The van der Waals surface area contributed by atoms with E-state index in [-0.39, 0.29) is 0 Å². The molecule has 96 valence electrons. The van der Waals surface area contributed by atoms with E-state index in [1.807, 2.05) is 24.3 Å². The number of nitrogens with zero attached hydrogens (tertiary/aromatic N) is 1. The number of hydrogen-bond donors (Lipinski definition) is 1. The zero-order chi connectivity index (χ0) is 13.9. The third kappa shape index (κ3) is 2.67. The van der Waals surface area contributed by atoms with Gasteiger partial charge >= 0.3 is 0 Å². The molecule has 2 aromatic carbocycles. The standard InChI is InChI=1S/C17H17NO/c1-3-13-4-8-15(9-5-13)17(2,19)16-10-6-14(12-18)7-11-16/h4-11,19H,3H2,1-2H3. The van der Waals surface area contributed by atoms with E-state index in [1.165, 1.54) is 5.56 Å². The summed E-state index contributed by atoms with van der Waals surface area (Å²) in [5.41, 5.74) is 2.45. The number of nitriles is 1. The molecule has 0 saturated heterocycles. The van der Waals surface area contributed by atoms with Crippen molar-refractivity contribution in [3.8, 4) is 6.07 Å². The molecule has 0 heterocycles. The molecule has 0 spiro atoms. The second-order valence-corrected chi connectivity index (χ2v) is 4.81. The molecular weight excluding hydrogens is 234 g/mol. The first-order chi connectivity index (χ1) is 9.07. The Morgan fingerprint density at radius 2 is 1.47 bits per heavy atom. The maximum atomic E-state index is 10.7. The fourth-order valence-electron chi connectivity index (χ4n) is 2.10. The fourth-order valence-corrected chi connectivity index (χ4v) is 2.10. The molecule has 2 rings (SSSR count). The Kier molecular flexibility index (Phi) is 3.69. The highest BCUT2D eigenvalue weighted by Gasteiger charge is 2.25. The van der Waals surface area contributed by atoms with E-state index in [2.05, 4.69) is 13.0 Å². The van der Waals surface area contributed by atoms with Crippen molar-refractivity contribution in [2.24, 2.45) is 0 Å². The smallest absolute Gasteiger partial charge is 0.112 e. The van der Waals surface area contributed by atoms with Crippen LogP contribution in [0.5, 0.6) is 0 Å². The molecular formula is C17H17NO. The lowest BCUT2D eigenvalue weighted by molar-refractivity contribution is 0.102. The van der Waals surface area contributed by atoms with Gasteiger partial charge in [0.05, 0.1) is 11.6 Å². The highest BCUT2D eigenvalue weighted by molar-refractivity contribution is 5.40. The number of hydrogen-bond acceptors (Lipinski definition) is 2. The lowest BCUT2D eigenvalue weighted by atomic mass is 9.87. The minimum Gasteiger partial charge on any atom is -0.381 e. The van der Waals surface area contributed by atoms with Crippen LogP contribution < -0.4 is 0 Å². The van der Waals surface area contributed by atoms with Crippen molar-refractivity contribution >= 4 is 0 Å². The lowest BCUT2D eigenvalue weighted by Crippen LogP contribution is -2.22. The molecule has 2 nitrogen and oxygen atoms in total. The van der Waals surface area contributed by atoms with Crippen LogP contribution in [0.4, 0.5) is 0 Å². The SMILES string of the molecule is CCc1ccc(C(C)(O)c2ccc(C#N)cc2)cc1. The molecule has 0 aliphatic carbocycles. The Morgan fingerprint density at radius 3 is 1.89 bits per heavy atom. The first-order valence-electron chi connectivity index (χ1n) is 6.40. The van der Waals surface area contributed by atoms with Crippen LogP contribution >= 0.6 is 0 Å². The molecule has 0 amide bonds. The molecule has 0 aliphatic rings. The van der Waals surface area contributed by atoms with Crippen molar-refractivity contribution < 1.29 is 5.11 Å². The summed E-state index contributed by atoms with van der Waals surface area (Å²) in [6.07, 6.45) is 0.985. The van der Waals surface area contributed by atoms with Crippen LogP contribution in [0.25, 0.3) is 0 Å².